The van der Waals surface area contributed by atoms with Gasteiger partial charge in [0, 0.05) is 29.9 Å². The van der Waals surface area contributed by atoms with Crippen LogP contribution in [0.4, 0.5) is 10.5 Å². The lowest BCUT2D eigenvalue weighted by molar-refractivity contribution is 0.180. The van der Waals surface area contributed by atoms with Crippen LogP contribution >= 0.6 is 15.9 Å². The summed E-state index contributed by atoms with van der Waals surface area (Å²) in [5.74, 6) is 0. The van der Waals surface area contributed by atoms with Gasteiger partial charge in [-0.3, -0.25) is 0 Å². The molecule has 0 saturated heterocycles. The predicted molar refractivity (Wildman–Crippen MR) is 78.3 cm³/mol. The van der Waals surface area contributed by atoms with E-state index >= 15 is 0 Å². The van der Waals surface area contributed by atoms with Crippen LogP contribution in [0.2, 0.25) is 0 Å². The van der Waals surface area contributed by atoms with E-state index in [1.165, 1.54) is 4.90 Å². The van der Waals surface area contributed by atoms with Crippen LogP contribution in [-0.2, 0) is 0 Å². The Kier molecular flexibility index (Phi) is 6.83. The quantitative estimate of drug-likeness (QED) is 0.746. The van der Waals surface area contributed by atoms with Crippen molar-refractivity contribution in [3.63, 3.8) is 0 Å². The van der Waals surface area contributed by atoms with Crippen molar-refractivity contribution in [3.05, 3.63) is 28.2 Å². The Morgan fingerprint density at radius 1 is 1.32 bits per heavy atom. The minimum atomic E-state index is -0.270. The second-order valence-electron chi connectivity index (χ2n) is 4.18. The number of aliphatic hydroxyl groups excluding tert-OH is 2. The Bertz CT molecular complexity index is 426. The van der Waals surface area contributed by atoms with Gasteiger partial charge in [-0.05, 0) is 37.1 Å². The maximum absolute atomic E-state index is 12.1. The van der Waals surface area contributed by atoms with Crippen LogP contribution < -0.4 is 5.32 Å². The van der Waals surface area contributed by atoms with Crippen molar-refractivity contribution >= 4 is 27.6 Å². The number of rotatable bonds is 6. The SMILES string of the molecule is Cc1cc(Br)ccc1NC(=O)N(CCO)CCCO. The first kappa shape index (κ1) is 15.9. The summed E-state index contributed by atoms with van der Waals surface area (Å²) in [6, 6.07) is 5.32. The fourth-order valence-corrected chi connectivity index (χ4v) is 2.13. The molecule has 0 saturated carbocycles. The van der Waals surface area contributed by atoms with Crippen molar-refractivity contribution in [1.29, 1.82) is 0 Å². The van der Waals surface area contributed by atoms with Gasteiger partial charge in [0.25, 0.3) is 0 Å². The van der Waals surface area contributed by atoms with Crippen LogP contribution in [-0.4, -0.2) is 47.4 Å². The van der Waals surface area contributed by atoms with Gasteiger partial charge in [-0.1, -0.05) is 15.9 Å². The van der Waals surface area contributed by atoms with Gasteiger partial charge in [-0.15, -0.1) is 0 Å². The van der Waals surface area contributed by atoms with Gasteiger partial charge in [0.15, 0.2) is 0 Å². The number of anilines is 1. The summed E-state index contributed by atoms with van der Waals surface area (Å²) in [5, 5.41) is 20.6. The molecule has 1 aromatic rings. The smallest absolute Gasteiger partial charge is 0.321 e. The lowest BCUT2D eigenvalue weighted by Gasteiger charge is -2.22. The van der Waals surface area contributed by atoms with Crippen LogP contribution in [0.5, 0.6) is 0 Å². The number of halogens is 1. The zero-order valence-corrected chi connectivity index (χ0v) is 12.5. The third-order valence-electron chi connectivity index (χ3n) is 2.67. The van der Waals surface area contributed by atoms with Gasteiger partial charge >= 0.3 is 6.03 Å². The number of carbonyl (C=O) groups excluding carboxylic acids is 1. The number of benzene rings is 1. The Labute approximate surface area is 121 Å². The first-order valence-corrected chi connectivity index (χ1v) is 6.91. The standard InChI is InChI=1S/C13H19BrN2O3/c1-10-9-11(14)3-4-12(10)15-13(19)16(6-8-18)5-2-7-17/h3-4,9,17-18H,2,5-8H2,1H3,(H,15,19). The number of hydrogen-bond donors (Lipinski definition) is 3. The monoisotopic (exact) mass is 330 g/mol. The third kappa shape index (κ3) is 5.18. The molecule has 0 heterocycles. The number of aryl methyl sites for hydroxylation is 1. The largest absolute Gasteiger partial charge is 0.396 e. The molecule has 5 nitrogen and oxygen atoms in total. The first-order valence-electron chi connectivity index (χ1n) is 6.12. The average molecular weight is 331 g/mol. The third-order valence-corrected chi connectivity index (χ3v) is 3.17. The van der Waals surface area contributed by atoms with E-state index < -0.39 is 0 Å². The zero-order chi connectivity index (χ0) is 14.3. The van der Waals surface area contributed by atoms with Crippen molar-refractivity contribution in [1.82, 2.24) is 4.90 Å². The highest BCUT2D eigenvalue weighted by Gasteiger charge is 2.13. The van der Waals surface area contributed by atoms with Gasteiger partial charge in [-0.2, -0.15) is 0 Å². The summed E-state index contributed by atoms with van der Waals surface area (Å²) in [4.78, 5) is 13.5. The molecular formula is C13H19BrN2O3. The highest BCUT2D eigenvalue weighted by Crippen LogP contribution is 2.20. The molecule has 1 aromatic carbocycles. The Morgan fingerprint density at radius 3 is 2.63 bits per heavy atom. The van der Waals surface area contributed by atoms with E-state index in [2.05, 4.69) is 21.2 Å². The molecule has 3 N–H and O–H groups in total. The summed E-state index contributed by atoms with van der Waals surface area (Å²) >= 11 is 3.37. The number of amides is 2. The Morgan fingerprint density at radius 2 is 2.05 bits per heavy atom. The van der Waals surface area contributed by atoms with Gasteiger partial charge in [0.2, 0.25) is 0 Å². The molecule has 0 atom stereocenters. The number of nitrogens with zero attached hydrogens (tertiary/aromatic N) is 1. The summed E-state index contributed by atoms with van der Waals surface area (Å²) in [7, 11) is 0. The highest BCUT2D eigenvalue weighted by atomic mass is 79.9. The minimum Gasteiger partial charge on any atom is -0.396 e. The lowest BCUT2D eigenvalue weighted by Crippen LogP contribution is -2.38. The Hall–Kier alpha value is -1.11. The van der Waals surface area contributed by atoms with E-state index in [4.69, 9.17) is 10.2 Å². The van der Waals surface area contributed by atoms with Crippen molar-refractivity contribution in [2.45, 2.75) is 13.3 Å². The van der Waals surface area contributed by atoms with E-state index in [9.17, 15) is 4.79 Å². The van der Waals surface area contributed by atoms with E-state index in [1.54, 1.807) is 0 Å². The summed E-state index contributed by atoms with van der Waals surface area (Å²) in [6.07, 6.45) is 0.493. The van der Waals surface area contributed by atoms with E-state index in [-0.39, 0.29) is 25.8 Å². The van der Waals surface area contributed by atoms with E-state index in [0.29, 0.717) is 13.0 Å². The maximum atomic E-state index is 12.1. The van der Waals surface area contributed by atoms with E-state index in [1.807, 2.05) is 25.1 Å². The normalized spacial score (nSPS) is 10.3. The Balaban J connectivity index is 2.69. The van der Waals surface area contributed by atoms with Crippen LogP contribution in [0.1, 0.15) is 12.0 Å². The molecular weight excluding hydrogens is 312 g/mol. The molecule has 0 spiro atoms. The van der Waals surface area contributed by atoms with Crippen LogP contribution in [0.25, 0.3) is 0 Å². The summed E-state index contributed by atoms with van der Waals surface area (Å²) in [6.45, 7) is 2.50. The second-order valence-corrected chi connectivity index (χ2v) is 5.09. The van der Waals surface area contributed by atoms with Gasteiger partial charge < -0.3 is 20.4 Å². The molecule has 6 heteroatoms. The molecule has 19 heavy (non-hydrogen) atoms. The number of nitrogens with one attached hydrogen (secondary N) is 1. The van der Waals surface area contributed by atoms with Crippen LogP contribution in [0.3, 0.4) is 0 Å². The van der Waals surface area contributed by atoms with Crippen molar-refractivity contribution in [3.8, 4) is 0 Å². The zero-order valence-electron chi connectivity index (χ0n) is 10.9. The fourth-order valence-electron chi connectivity index (χ4n) is 1.66. The molecule has 0 aliphatic carbocycles. The topological polar surface area (TPSA) is 72.8 Å². The molecule has 0 aromatic heterocycles. The number of aliphatic hydroxyl groups is 2. The molecule has 1 rings (SSSR count). The molecule has 0 radical (unpaired) electrons. The first-order chi connectivity index (χ1) is 9.08. The van der Waals surface area contributed by atoms with Crippen LogP contribution in [0.15, 0.2) is 22.7 Å². The number of carbonyl (C=O) groups is 1. The van der Waals surface area contributed by atoms with Crippen molar-refractivity contribution in [2.24, 2.45) is 0 Å². The second kappa shape index (κ2) is 8.14. The number of hydrogen-bond acceptors (Lipinski definition) is 3. The summed E-state index contributed by atoms with van der Waals surface area (Å²) in [5.41, 5.74) is 1.69. The molecule has 0 fully saturated rings. The minimum absolute atomic E-state index is 0.0204. The molecule has 0 aliphatic heterocycles. The lowest BCUT2D eigenvalue weighted by atomic mass is 10.2. The maximum Gasteiger partial charge on any atom is 0.321 e. The molecule has 106 valence electrons. The highest BCUT2D eigenvalue weighted by molar-refractivity contribution is 9.10. The van der Waals surface area contributed by atoms with Gasteiger partial charge in [-0.25, -0.2) is 4.79 Å². The van der Waals surface area contributed by atoms with Crippen LogP contribution in [0, 0.1) is 6.92 Å². The fraction of sp³-hybridized carbons (Fsp3) is 0.462. The molecule has 0 bridgehead atoms. The van der Waals surface area contributed by atoms with Gasteiger partial charge in [0.1, 0.15) is 0 Å². The van der Waals surface area contributed by atoms with Gasteiger partial charge in [0.05, 0.1) is 6.61 Å². The summed E-state index contributed by atoms with van der Waals surface area (Å²) < 4.78 is 0.954. The number of urea groups is 1. The van der Waals surface area contributed by atoms with Crippen molar-refractivity contribution < 1.29 is 15.0 Å². The molecule has 2 amide bonds. The average Bonchev–Trinajstić information content (AvgIpc) is 2.37. The predicted octanol–water partition coefficient (Wildman–Crippen LogP) is 1.97. The molecule has 0 aliphatic rings. The van der Waals surface area contributed by atoms with E-state index in [0.717, 1.165) is 15.7 Å². The molecule has 0 unspecified atom stereocenters. The van der Waals surface area contributed by atoms with Crippen molar-refractivity contribution in [2.75, 3.05) is 31.6 Å².